The van der Waals surface area contributed by atoms with Crippen LogP contribution in [0.5, 0.6) is 0 Å². The van der Waals surface area contributed by atoms with Crippen LogP contribution in [0.1, 0.15) is 71.9 Å². The Morgan fingerprint density at radius 1 is 0.806 bits per heavy atom. The van der Waals surface area contributed by atoms with E-state index in [1.54, 1.807) is 22.7 Å². The Morgan fingerprint density at radius 3 is 1.90 bits per heavy atom. The van der Waals surface area contributed by atoms with Gasteiger partial charge in [0.15, 0.2) is 12.6 Å². The highest BCUT2D eigenvalue weighted by Crippen LogP contribution is 2.50. The molecule has 3 aromatic heterocycles. The minimum atomic E-state index is 0.675. The van der Waals surface area contributed by atoms with Crippen molar-refractivity contribution in [2.45, 2.75) is 58.3 Å². The molecule has 0 N–H and O–H groups in total. The van der Waals surface area contributed by atoms with Crippen molar-refractivity contribution in [2.75, 3.05) is 5.75 Å². The molecule has 0 aromatic carbocycles. The van der Waals surface area contributed by atoms with Crippen LogP contribution in [0.4, 0.5) is 0 Å². The molecule has 0 spiro atoms. The zero-order valence-corrected chi connectivity index (χ0v) is 21.9. The first-order valence-corrected chi connectivity index (χ1v) is 14.3. The van der Waals surface area contributed by atoms with Gasteiger partial charge in [0.1, 0.15) is 0 Å². The number of carbonyl (C=O) groups excluding carboxylic acids is 2. The number of carbonyl (C=O) groups is 2. The number of hydrogen-bond donors (Lipinski definition) is 0. The van der Waals surface area contributed by atoms with Crippen LogP contribution in [0.3, 0.4) is 0 Å². The van der Waals surface area contributed by atoms with E-state index in [1.165, 1.54) is 42.8 Å². The molecule has 0 aliphatic carbocycles. The fraction of sp³-hybridized carbons (Fsp3) is 0.440. The van der Waals surface area contributed by atoms with Gasteiger partial charge in [-0.05, 0) is 66.7 Å². The highest BCUT2D eigenvalue weighted by atomic mass is 32.2. The Bertz CT molecular complexity index is 928. The SMILES string of the molecule is CC(C)CCCc1c(-c2ccc(C=O)s2)sc(-c2ccc(C=O)s2)c1SCCC(C)C. The second kappa shape index (κ2) is 11.6. The Hall–Kier alpha value is -1.21. The van der Waals surface area contributed by atoms with E-state index in [2.05, 4.69) is 39.8 Å². The standard InChI is InChI=1S/C25H30O2S4/c1-16(2)6-5-7-20-23(21-10-8-18(14-26)29-21)31-25(22-11-9-19(15-27)30-22)24(20)28-13-12-17(3)4/h8-11,14-17H,5-7,12-13H2,1-4H3. The number of thiophene rings is 3. The molecule has 0 saturated carbocycles. The number of thioether (sulfide) groups is 1. The summed E-state index contributed by atoms with van der Waals surface area (Å²) in [7, 11) is 0. The lowest BCUT2D eigenvalue weighted by Gasteiger charge is -2.10. The Kier molecular flexibility index (Phi) is 9.14. The van der Waals surface area contributed by atoms with Gasteiger partial charge in [-0.3, -0.25) is 9.59 Å². The Labute approximate surface area is 202 Å². The molecule has 0 aliphatic rings. The molecule has 0 bridgehead atoms. The van der Waals surface area contributed by atoms with Gasteiger partial charge in [-0.2, -0.15) is 0 Å². The maximum atomic E-state index is 11.3. The molecule has 0 atom stereocenters. The smallest absolute Gasteiger partial charge is 0.160 e. The fourth-order valence-corrected chi connectivity index (χ4v) is 8.34. The van der Waals surface area contributed by atoms with Crippen LogP contribution >= 0.6 is 45.8 Å². The molecule has 0 aliphatic heterocycles. The molecular weight excluding hydrogens is 461 g/mol. The Balaban J connectivity index is 2.08. The maximum absolute atomic E-state index is 11.3. The highest BCUT2D eigenvalue weighted by molar-refractivity contribution is 7.99. The second-order valence-corrected chi connectivity index (χ2v) is 12.9. The van der Waals surface area contributed by atoms with E-state index in [4.69, 9.17) is 0 Å². The van der Waals surface area contributed by atoms with Gasteiger partial charge in [0.05, 0.1) is 14.6 Å². The van der Waals surface area contributed by atoms with Crippen molar-refractivity contribution in [1.82, 2.24) is 0 Å². The van der Waals surface area contributed by atoms with E-state index in [1.807, 2.05) is 35.2 Å². The molecule has 3 heterocycles. The van der Waals surface area contributed by atoms with Crippen LogP contribution in [0, 0.1) is 11.8 Å². The molecule has 0 radical (unpaired) electrons. The van der Waals surface area contributed by atoms with Crippen LogP contribution in [-0.2, 0) is 6.42 Å². The molecular formula is C25H30O2S4. The van der Waals surface area contributed by atoms with Gasteiger partial charge in [-0.25, -0.2) is 0 Å². The Morgan fingerprint density at radius 2 is 1.39 bits per heavy atom. The number of hydrogen-bond acceptors (Lipinski definition) is 6. The van der Waals surface area contributed by atoms with Crippen molar-refractivity contribution in [3.63, 3.8) is 0 Å². The summed E-state index contributed by atoms with van der Waals surface area (Å²) in [6.45, 7) is 9.10. The predicted molar refractivity (Wildman–Crippen MR) is 140 cm³/mol. The third-order valence-corrected chi connectivity index (χ3v) is 9.96. The van der Waals surface area contributed by atoms with Crippen molar-refractivity contribution in [1.29, 1.82) is 0 Å². The molecule has 31 heavy (non-hydrogen) atoms. The van der Waals surface area contributed by atoms with E-state index in [0.717, 1.165) is 40.9 Å². The molecule has 0 saturated heterocycles. The van der Waals surface area contributed by atoms with E-state index in [0.29, 0.717) is 11.8 Å². The van der Waals surface area contributed by atoms with Crippen molar-refractivity contribution in [2.24, 2.45) is 11.8 Å². The first-order valence-electron chi connectivity index (χ1n) is 10.8. The summed E-state index contributed by atoms with van der Waals surface area (Å²) in [5.41, 5.74) is 1.43. The van der Waals surface area contributed by atoms with Crippen LogP contribution in [-0.4, -0.2) is 18.3 Å². The van der Waals surface area contributed by atoms with Crippen molar-refractivity contribution in [3.8, 4) is 19.5 Å². The zero-order chi connectivity index (χ0) is 22.4. The summed E-state index contributed by atoms with van der Waals surface area (Å²) >= 11 is 6.94. The van der Waals surface area contributed by atoms with E-state index in [9.17, 15) is 9.59 Å². The normalized spacial score (nSPS) is 11.5. The summed E-state index contributed by atoms with van der Waals surface area (Å²) < 4.78 is 0. The lowest BCUT2D eigenvalue weighted by molar-refractivity contribution is 0.111. The largest absolute Gasteiger partial charge is 0.297 e. The topological polar surface area (TPSA) is 34.1 Å². The molecule has 0 fully saturated rings. The lowest BCUT2D eigenvalue weighted by Crippen LogP contribution is -1.94. The quantitative estimate of drug-likeness (QED) is 0.188. The average molecular weight is 491 g/mol. The van der Waals surface area contributed by atoms with E-state index < -0.39 is 0 Å². The minimum absolute atomic E-state index is 0.675. The van der Waals surface area contributed by atoms with Crippen molar-refractivity contribution >= 4 is 58.3 Å². The average Bonchev–Trinajstić information content (AvgIpc) is 3.46. The molecule has 3 aromatic rings. The summed E-state index contributed by atoms with van der Waals surface area (Å²) in [6.07, 6.45) is 6.48. The number of rotatable bonds is 12. The van der Waals surface area contributed by atoms with Crippen LogP contribution < -0.4 is 0 Å². The van der Waals surface area contributed by atoms with Crippen molar-refractivity contribution in [3.05, 3.63) is 39.6 Å². The van der Waals surface area contributed by atoms with E-state index >= 15 is 0 Å². The zero-order valence-electron chi connectivity index (χ0n) is 18.6. The molecule has 0 unspecified atom stereocenters. The maximum Gasteiger partial charge on any atom is 0.160 e. The van der Waals surface area contributed by atoms with Crippen LogP contribution in [0.15, 0.2) is 29.2 Å². The fourth-order valence-electron chi connectivity index (χ4n) is 3.35. The summed E-state index contributed by atoms with van der Waals surface area (Å²) in [5, 5.41) is 0. The first-order chi connectivity index (χ1) is 14.9. The summed E-state index contributed by atoms with van der Waals surface area (Å²) in [4.78, 5) is 30.4. The summed E-state index contributed by atoms with van der Waals surface area (Å²) in [6, 6.07) is 8.01. The lowest BCUT2D eigenvalue weighted by atomic mass is 10.0. The molecule has 6 heteroatoms. The first kappa shape index (κ1) is 24.4. The van der Waals surface area contributed by atoms with Gasteiger partial charge in [0.25, 0.3) is 0 Å². The molecule has 0 amide bonds. The van der Waals surface area contributed by atoms with Gasteiger partial charge in [0, 0.05) is 19.5 Å². The van der Waals surface area contributed by atoms with Gasteiger partial charge in [-0.15, -0.1) is 45.8 Å². The predicted octanol–water partition coefficient (Wildman–Crippen LogP) is 8.95. The van der Waals surface area contributed by atoms with Crippen LogP contribution in [0.2, 0.25) is 0 Å². The van der Waals surface area contributed by atoms with Gasteiger partial charge < -0.3 is 0 Å². The van der Waals surface area contributed by atoms with Gasteiger partial charge in [-0.1, -0.05) is 34.1 Å². The van der Waals surface area contributed by atoms with Gasteiger partial charge in [0.2, 0.25) is 0 Å². The minimum Gasteiger partial charge on any atom is -0.297 e. The van der Waals surface area contributed by atoms with Crippen LogP contribution in [0.25, 0.3) is 19.5 Å². The third kappa shape index (κ3) is 6.41. The third-order valence-electron chi connectivity index (χ3n) is 5.04. The molecule has 166 valence electrons. The second-order valence-electron chi connectivity index (χ2n) is 8.52. The molecule has 3 rings (SSSR count). The summed E-state index contributed by atoms with van der Waals surface area (Å²) in [5.74, 6) is 2.46. The highest BCUT2D eigenvalue weighted by Gasteiger charge is 2.23. The monoisotopic (exact) mass is 490 g/mol. The number of aldehydes is 2. The molecule has 2 nitrogen and oxygen atoms in total. The van der Waals surface area contributed by atoms with Gasteiger partial charge >= 0.3 is 0 Å². The van der Waals surface area contributed by atoms with Crippen molar-refractivity contribution < 1.29 is 9.59 Å². The van der Waals surface area contributed by atoms with E-state index in [-0.39, 0.29) is 0 Å².